The Morgan fingerprint density at radius 3 is 2.54 bits per heavy atom. The fourth-order valence-electron chi connectivity index (χ4n) is 2.93. The Kier molecular flexibility index (Phi) is 5.18. The largest absolute Gasteiger partial charge is 0.481 e. The molecule has 0 bridgehead atoms. The third-order valence-corrected chi connectivity index (χ3v) is 4.40. The molecule has 0 amide bonds. The first kappa shape index (κ1) is 17.9. The summed E-state index contributed by atoms with van der Waals surface area (Å²) >= 11 is 0. The zero-order chi connectivity index (χ0) is 18.7. The topological polar surface area (TPSA) is 72.3 Å². The van der Waals surface area contributed by atoms with Crippen LogP contribution >= 0.6 is 0 Å². The number of rotatable bonds is 6. The van der Waals surface area contributed by atoms with Gasteiger partial charge in [0.15, 0.2) is 5.82 Å². The average Bonchev–Trinajstić information content (AvgIpc) is 2.66. The Morgan fingerprint density at radius 2 is 1.92 bits per heavy atom. The highest BCUT2D eigenvalue weighted by Gasteiger charge is 2.16. The van der Waals surface area contributed by atoms with Gasteiger partial charge < -0.3 is 15.0 Å². The van der Waals surface area contributed by atoms with E-state index in [0.717, 1.165) is 10.9 Å². The van der Waals surface area contributed by atoms with Crippen molar-refractivity contribution in [2.75, 3.05) is 33.1 Å². The molecular formula is C19H23N5O2. The molecule has 1 unspecified atom stereocenters. The van der Waals surface area contributed by atoms with E-state index in [1.807, 2.05) is 56.7 Å². The minimum atomic E-state index is -0.102. The maximum absolute atomic E-state index is 12.3. The van der Waals surface area contributed by atoms with Crippen LogP contribution in [-0.4, -0.2) is 47.4 Å². The van der Waals surface area contributed by atoms with Gasteiger partial charge in [-0.25, -0.2) is 9.67 Å². The van der Waals surface area contributed by atoms with Gasteiger partial charge in [-0.2, -0.15) is 5.10 Å². The zero-order valence-electron chi connectivity index (χ0n) is 15.4. The number of hydrogen-bond acceptors (Lipinski definition) is 6. The Bertz CT molecular complexity index is 950. The second-order valence-corrected chi connectivity index (χ2v) is 6.32. The van der Waals surface area contributed by atoms with Crippen molar-refractivity contribution in [2.24, 2.45) is 7.05 Å². The SMILES string of the molecule is COc1ccc(C(CNc2nn(C)c(=O)c3ccccc23)N(C)C)cn1. The van der Waals surface area contributed by atoms with Crippen LogP contribution < -0.4 is 15.6 Å². The third kappa shape index (κ3) is 3.52. The number of ether oxygens (including phenoxy) is 1. The lowest BCUT2D eigenvalue weighted by Gasteiger charge is -2.25. The highest BCUT2D eigenvalue weighted by atomic mass is 16.5. The van der Waals surface area contributed by atoms with Gasteiger partial charge >= 0.3 is 0 Å². The second kappa shape index (κ2) is 7.53. The normalized spacial score (nSPS) is 12.3. The molecule has 1 N–H and O–H groups in total. The van der Waals surface area contributed by atoms with Crippen LogP contribution in [-0.2, 0) is 7.05 Å². The van der Waals surface area contributed by atoms with Crippen molar-refractivity contribution in [1.82, 2.24) is 19.7 Å². The number of nitrogens with zero attached hydrogens (tertiary/aromatic N) is 4. The maximum Gasteiger partial charge on any atom is 0.274 e. The number of fused-ring (bicyclic) bond motifs is 1. The average molecular weight is 353 g/mol. The lowest BCUT2D eigenvalue weighted by molar-refractivity contribution is 0.310. The summed E-state index contributed by atoms with van der Waals surface area (Å²) in [5.41, 5.74) is 0.965. The quantitative estimate of drug-likeness (QED) is 0.731. The smallest absolute Gasteiger partial charge is 0.274 e. The molecule has 26 heavy (non-hydrogen) atoms. The predicted molar refractivity (Wildman–Crippen MR) is 103 cm³/mol. The molecule has 0 radical (unpaired) electrons. The number of benzene rings is 1. The number of methoxy groups -OCH3 is 1. The number of aryl methyl sites for hydroxylation is 1. The van der Waals surface area contributed by atoms with Crippen molar-refractivity contribution >= 4 is 16.6 Å². The van der Waals surface area contributed by atoms with Gasteiger partial charge in [-0.3, -0.25) is 4.79 Å². The summed E-state index contributed by atoms with van der Waals surface area (Å²) in [5.74, 6) is 1.28. The monoisotopic (exact) mass is 353 g/mol. The van der Waals surface area contributed by atoms with Crippen LogP contribution in [0.4, 0.5) is 5.82 Å². The van der Waals surface area contributed by atoms with Gasteiger partial charge in [-0.15, -0.1) is 0 Å². The van der Waals surface area contributed by atoms with Crippen molar-refractivity contribution in [3.63, 3.8) is 0 Å². The molecule has 136 valence electrons. The summed E-state index contributed by atoms with van der Waals surface area (Å²) in [6.07, 6.45) is 1.82. The molecular weight excluding hydrogens is 330 g/mol. The Labute approximate surface area is 152 Å². The zero-order valence-corrected chi connectivity index (χ0v) is 15.4. The molecule has 3 rings (SSSR count). The van der Waals surface area contributed by atoms with Gasteiger partial charge in [0.25, 0.3) is 5.56 Å². The number of nitrogens with one attached hydrogen (secondary N) is 1. The molecule has 0 aliphatic heterocycles. The lowest BCUT2D eigenvalue weighted by Crippen LogP contribution is -2.28. The molecule has 7 heteroatoms. The molecule has 0 saturated heterocycles. The van der Waals surface area contributed by atoms with E-state index in [4.69, 9.17) is 4.74 Å². The molecule has 2 aromatic heterocycles. The molecule has 0 fully saturated rings. The van der Waals surface area contributed by atoms with Gasteiger partial charge in [0.05, 0.1) is 18.5 Å². The van der Waals surface area contributed by atoms with Crippen LogP contribution in [0.25, 0.3) is 10.8 Å². The van der Waals surface area contributed by atoms with Crippen molar-refractivity contribution in [3.8, 4) is 5.88 Å². The molecule has 0 saturated carbocycles. The summed E-state index contributed by atoms with van der Waals surface area (Å²) in [5, 5.41) is 9.26. The Hall–Kier alpha value is -2.93. The third-order valence-electron chi connectivity index (χ3n) is 4.40. The first-order valence-electron chi connectivity index (χ1n) is 8.37. The molecule has 3 aromatic rings. The van der Waals surface area contributed by atoms with Gasteiger partial charge in [0.1, 0.15) is 0 Å². The summed E-state index contributed by atoms with van der Waals surface area (Å²) < 4.78 is 6.49. The first-order chi connectivity index (χ1) is 12.5. The van der Waals surface area contributed by atoms with Crippen LogP contribution in [0.5, 0.6) is 5.88 Å². The van der Waals surface area contributed by atoms with Gasteiger partial charge in [0, 0.05) is 31.2 Å². The van der Waals surface area contributed by atoms with E-state index >= 15 is 0 Å². The van der Waals surface area contributed by atoms with Crippen molar-refractivity contribution < 1.29 is 4.74 Å². The molecule has 0 aliphatic carbocycles. The molecule has 0 aliphatic rings. The highest BCUT2D eigenvalue weighted by molar-refractivity contribution is 5.90. The van der Waals surface area contributed by atoms with E-state index < -0.39 is 0 Å². The molecule has 7 nitrogen and oxygen atoms in total. The number of pyridine rings is 1. The van der Waals surface area contributed by atoms with Crippen LogP contribution in [0.3, 0.4) is 0 Å². The number of hydrogen-bond donors (Lipinski definition) is 1. The van der Waals surface area contributed by atoms with Crippen LogP contribution in [0, 0.1) is 0 Å². The maximum atomic E-state index is 12.3. The molecule has 2 heterocycles. The summed E-state index contributed by atoms with van der Waals surface area (Å²) in [6.45, 7) is 0.621. The van der Waals surface area contributed by atoms with Gasteiger partial charge in [0.2, 0.25) is 5.88 Å². The predicted octanol–water partition coefficient (Wildman–Crippen LogP) is 2.05. The lowest BCUT2D eigenvalue weighted by atomic mass is 10.1. The molecule has 1 aromatic carbocycles. The van der Waals surface area contributed by atoms with Crippen molar-refractivity contribution in [2.45, 2.75) is 6.04 Å². The molecule has 1 atom stereocenters. The highest BCUT2D eigenvalue weighted by Crippen LogP contribution is 2.22. The van der Waals surface area contributed by atoms with Gasteiger partial charge in [-0.1, -0.05) is 24.3 Å². The fraction of sp³-hybridized carbons (Fsp3) is 0.316. The Balaban J connectivity index is 1.89. The van der Waals surface area contributed by atoms with Crippen LogP contribution in [0.15, 0.2) is 47.4 Å². The van der Waals surface area contributed by atoms with E-state index in [2.05, 4.69) is 20.3 Å². The number of aromatic nitrogens is 3. The van der Waals surface area contributed by atoms with Crippen LogP contribution in [0.1, 0.15) is 11.6 Å². The first-order valence-corrected chi connectivity index (χ1v) is 8.37. The van der Waals surface area contributed by atoms with E-state index in [1.165, 1.54) is 4.68 Å². The van der Waals surface area contributed by atoms with Gasteiger partial charge in [-0.05, 0) is 25.7 Å². The number of anilines is 1. The standard InChI is InChI=1S/C19H23N5O2/c1-23(2)16(13-9-10-17(26-4)20-11-13)12-21-18-14-7-5-6-8-15(14)19(25)24(3)22-18/h5-11,16H,12H2,1-4H3,(H,21,22). The van der Waals surface area contributed by atoms with E-state index in [-0.39, 0.29) is 11.6 Å². The number of likely N-dealkylation sites (N-methyl/N-ethyl adjacent to an activating group) is 1. The summed E-state index contributed by atoms with van der Waals surface area (Å²) in [4.78, 5) is 18.7. The fourth-order valence-corrected chi connectivity index (χ4v) is 2.93. The summed E-state index contributed by atoms with van der Waals surface area (Å²) in [6, 6.07) is 11.4. The van der Waals surface area contributed by atoms with E-state index in [0.29, 0.717) is 23.6 Å². The van der Waals surface area contributed by atoms with Crippen LogP contribution in [0.2, 0.25) is 0 Å². The minimum absolute atomic E-state index is 0.0891. The van der Waals surface area contributed by atoms with E-state index in [9.17, 15) is 4.79 Å². The Morgan fingerprint density at radius 1 is 1.19 bits per heavy atom. The van der Waals surface area contributed by atoms with E-state index in [1.54, 1.807) is 14.2 Å². The second-order valence-electron chi connectivity index (χ2n) is 6.32. The molecule has 0 spiro atoms. The van der Waals surface area contributed by atoms with Crippen molar-refractivity contribution in [1.29, 1.82) is 0 Å². The van der Waals surface area contributed by atoms with Crippen molar-refractivity contribution in [3.05, 3.63) is 58.5 Å². The minimum Gasteiger partial charge on any atom is -0.481 e. The summed E-state index contributed by atoms with van der Waals surface area (Å²) in [7, 11) is 7.30.